The molecule has 1 heterocycles. The van der Waals surface area contributed by atoms with Crippen LogP contribution in [0.2, 0.25) is 0 Å². The summed E-state index contributed by atoms with van der Waals surface area (Å²) in [4.78, 5) is 37.8. The van der Waals surface area contributed by atoms with Gasteiger partial charge >= 0.3 is 5.97 Å². The fourth-order valence-electron chi connectivity index (χ4n) is 2.25. The molecule has 0 unspecified atom stereocenters. The minimum absolute atomic E-state index is 0.104. The number of aromatic nitrogens is 1. The highest BCUT2D eigenvalue weighted by molar-refractivity contribution is 5.98. The number of aromatic amines is 1. The second-order valence-electron chi connectivity index (χ2n) is 5.51. The molecule has 0 spiro atoms. The molecular formula is C19H22N2O6. The smallest absolute Gasteiger partial charge is 0.355 e. The Bertz CT molecular complexity index is 827. The van der Waals surface area contributed by atoms with Crippen molar-refractivity contribution in [2.75, 3.05) is 25.1 Å². The van der Waals surface area contributed by atoms with Crippen LogP contribution in [0.4, 0.5) is 5.69 Å². The van der Waals surface area contributed by atoms with Gasteiger partial charge in [-0.2, -0.15) is 0 Å². The van der Waals surface area contributed by atoms with Crippen molar-refractivity contribution in [3.05, 3.63) is 41.7 Å². The van der Waals surface area contributed by atoms with Crippen LogP contribution >= 0.6 is 0 Å². The maximum absolute atomic E-state index is 12.0. The van der Waals surface area contributed by atoms with Crippen LogP contribution in [0.1, 0.15) is 41.6 Å². The Balaban J connectivity index is 1.93. The first-order chi connectivity index (χ1) is 12.9. The first-order valence-corrected chi connectivity index (χ1v) is 8.50. The molecule has 1 aromatic heterocycles. The molecule has 0 fully saturated rings. The molecular weight excluding hydrogens is 352 g/mol. The lowest BCUT2D eigenvalue weighted by Gasteiger charge is -2.13. The molecule has 2 aromatic rings. The fourth-order valence-corrected chi connectivity index (χ4v) is 2.25. The number of rotatable bonds is 9. The third-order valence-electron chi connectivity index (χ3n) is 3.47. The quantitative estimate of drug-likeness (QED) is 0.516. The van der Waals surface area contributed by atoms with Gasteiger partial charge in [-0.3, -0.25) is 9.59 Å². The normalized spacial score (nSPS) is 10.2. The van der Waals surface area contributed by atoms with Crippen molar-refractivity contribution in [1.82, 2.24) is 4.98 Å². The average molecular weight is 374 g/mol. The van der Waals surface area contributed by atoms with Gasteiger partial charge in [0, 0.05) is 23.5 Å². The number of hydrogen-bond acceptors (Lipinski definition) is 6. The van der Waals surface area contributed by atoms with Crippen LogP contribution in [0.3, 0.4) is 0 Å². The van der Waals surface area contributed by atoms with Gasteiger partial charge in [0.15, 0.2) is 23.9 Å². The number of Topliss-reactive ketones (excluding diaryl/α,β-unsaturated/α-hetero) is 1. The summed E-state index contributed by atoms with van der Waals surface area (Å²) in [7, 11) is 0. The Hall–Kier alpha value is -3.29. The molecule has 0 saturated heterocycles. The molecule has 1 amide bonds. The Morgan fingerprint density at radius 1 is 1.04 bits per heavy atom. The topological polar surface area (TPSA) is 107 Å². The van der Waals surface area contributed by atoms with Crippen molar-refractivity contribution < 1.29 is 28.6 Å². The van der Waals surface area contributed by atoms with E-state index in [-0.39, 0.29) is 11.5 Å². The van der Waals surface area contributed by atoms with E-state index in [0.717, 1.165) is 0 Å². The number of esters is 1. The van der Waals surface area contributed by atoms with Gasteiger partial charge in [0.25, 0.3) is 5.91 Å². The molecule has 0 atom stereocenters. The number of ether oxygens (including phenoxy) is 3. The lowest BCUT2D eigenvalue weighted by molar-refractivity contribution is -0.119. The van der Waals surface area contributed by atoms with Gasteiger partial charge in [-0.1, -0.05) is 0 Å². The summed E-state index contributed by atoms with van der Waals surface area (Å²) in [6.45, 7) is 5.57. The van der Waals surface area contributed by atoms with E-state index < -0.39 is 18.5 Å². The van der Waals surface area contributed by atoms with E-state index in [1.165, 1.54) is 19.2 Å². The number of carbonyl (C=O) groups is 3. The highest BCUT2D eigenvalue weighted by Crippen LogP contribution is 2.30. The number of H-pyrrole nitrogens is 1. The summed E-state index contributed by atoms with van der Waals surface area (Å²) in [6.07, 6.45) is 1.41. The Morgan fingerprint density at radius 2 is 1.74 bits per heavy atom. The van der Waals surface area contributed by atoms with Crippen molar-refractivity contribution in [2.24, 2.45) is 0 Å². The van der Waals surface area contributed by atoms with Crippen molar-refractivity contribution in [1.29, 1.82) is 0 Å². The summed E-state index contributed by atoms with van der Waals surface area (Å²) in [5.74, 6) is -0.314. The van der Waals surface area contributed by atoms with Crippen molar-refractivity contribution in [2.45, 2.75) is 20.8 Å². The van der Waals surface area contributed by atoms with Gasteiger partial charge in [-0.25, -0.2) is 4.79 Å². The van der Waals surface area contributed by atoms with Crippen LogP contribution < -0.4 is 14.8 Å². The number of nitrogens with one attached hydrogen (secondary N) is 2. The van der Waals surface area contributed by atoms with Crippen molar-refractivity contribution >= 4 is 23.3 Å². The van der Waals surface area contributed by atoms with Gasteiger partial charge in [0.1, 0.15) is 5.69 Å². The SMILES string of the molecule is CCOc1ccc(NC(=O)COC(=O)c2cc(C(C)=O)c[nH]2)cc1OCC. The second kappa shape index (κ2) is 9.42. The number of benzene rings is 1. The standard InChI is InChI=1S/C19H22N2O6/c1-4-25-16-7-6-14(9-17(16)26-5-2)21-18(23)11-27-19(24)15-8-13(10-20-15)12(3)22/h6-10,20H,4-5,11H2,1-3H3,(H,21,23). The molecule has 0 saturated carbocycles. The molecule has 1 aromatic carbocycles. The van der Waals surface area contributed by atoms with E-state index >= 15 is 0 Å². The molecule has 0 aliphatic carbocycles. The van der Waals surface area contributed by atoms with Gasteiger partial charge in [0.2, 0.25) is 0 Å². The Kier molecular flexibility index (Phi) is 6.99. The third kappa shape index (κ3) is 5.60. The van der Waals surface area contributed by atoms with Crippen LogP contribution in [0.15, 0.2) is 30.5 Å². The molecule has 2 N–H and O–H groups in total. The number of ketones is 1. The largest absolute Gasteiger partial charge is 0.490 e. The van der Waals surface area contributed by atoms with Crippen LogP contribution in [-0.2, 0) is 9.53 Å². The van der Waals surface area contributed by atoms with E-state index in [1.54, 1.807) is 18.2 Å². The summed E-state index contributed by atoms with van der Waals surface area (Å²) in [5.41, 5.74) is 0.957. The Morgan fingerprint density at radius 3 is 2.37 bits per heavy atom. The lowest BCUT2D eigenvalue weighted by atomic mass is 10.2. The average Bonchev–Trinajstić information content (AvgIpc) is 3.13. The second-order valence-corrected chi connectivity index (χ2v) is 5.51. The van der Waals surface area contributed by atoms with E-state index in [4.69, 9.17) is 14.2 Å². The summed E-state index contributed by atoms with van der Waals surface area (Å²) in [6, 6.07) is 6.37. The molecule has 0 aliphatic rings. The van der Waals surface area contributed by atoms with E-state index in [0.29, 0.717) is 36.0 Å². The first-order valence-electron chi connectivity index (χ1n) is 8.50. The molecule has 0 radical (unpaired) electrons. The zero-order valence-corrected chi connectivity index (χ0v) is 15.5. The number of carbonyl (C=O) groups excluding carboxylic acids is 3. The van der Waals surface area contributed by atoms with Crippen LogP contribution in [0.25, 0.3) is 0 Å². The maximum Gasteiger partial charge on any atom is 0.355 e. The predicted molar refractivity (Wildman–Crippen MR) is 98.5 cm³/mol. The lowest BCUT2D eigenvalue weighted by Crippen LogP contribution is -2.21. The molecule has 2 rings (SSSR count). The van der Waals surface area contributed by atoms with Crippen LogP contribution in [0.5, 0.6) is 11.5 Å². The minimum atomic E-state index is -0.723. The van der Waals surface area contributed by atoms with Crippen molar-refractivity contribution in [3.8, 4) is 11.5 Å². The van der Waals surface area contributed by atoms with Crippen LogP contribution in [0, 0.1) is 0 Å². The summed E-state index contributed by atoms with van der Waals surface area (Å²) in [5, 5.41) is 2.62. The highest BCUT2D eigenvalue weighted by atomic mass is 16.5. The molecule has 8 nitrogen and oxygen atoms in total. The van der Waals surface area contributed by atoms with E-state index in [9.17, 15) is 14.4 Å². The summed E-state index contributed by atoms with van der Waals surface area (Å²) >= 11 is 0. The van der Waals surface area contributed by atoms with Crippen molar-refractivity contribution in [3.63, 3.8) is 0 Å². The maximum atomic E-state index is 12.0. The number of anilines is 1. The van der Waals surface area contributed by atoms with Crippen LogP contribution in [-0.4, -0.2) is 42.5 Å². The third-order valence-corrected chi connectivity index (χ3v) is 3.47. The zero-order chi connectivity index (χ0) is 19.8. The summed E-state index contributed by atoms with van der Waals surface area (Å²) < 4.78 is 15.9. The monoisotopic (exact) mass is 374 g/mol. The number of hydrogen-bond donors (Lipinski definition) is 2. The minimum Gasteiger partial charge on any atom is -0.490 e. The van der Waals surface area contributed by atoms with Gasteiger partial charge in [0.05, 0.1) is 13.2 Å². The molecule has 0 aliphatic heterocycles. The van der Waals surface area contributed by atoms with Gasteiger partial charge in [-0.05, 0) is 39.0 Å². The zero-order valence-electron chi connectivity index (χ0n) is 15.5. The Labute approximate surface area is 156 Å². The highest BCUT2D eigenvalue weighted by Gasteiger charge is 2.14. The van der Waals surface area contributed by atoms with E-state index in [2.05, 4.69) is 10.3 Å². The molecule has 27 heavy (non-hydrogen) atoms. The molecule has 144 valence electrons. The first kappa shape index (κ1) is 20.0. The van der Waals surface area contributed by atoms with Gasteiger partial charge in [-0.15, -0.1) is 0 Å². The van der Waals surface area contributed by atoms with E-state index in [1.807, 2.05) is 13.8 Å². The fraction of sp³-hybridized carbons (Fsp3) is 0.316. The molecule has 8 heteroatoms. The van der Waals surface area contributed by atoms with Gasteiger partial charge < -0.3 is 24.5 Å². The predicted octanol–water partition coefficient (Wildman–Crippen LogP) is 2.81. The molecule has 0 bridgehead atoms. The number of amides is 1.